The Hall–Kier alpha value is -1.34. The van der Waals surface area contributed by atoms with Crippen LogP contribution in [0.15, 0.2) is 46.8 Å². The topological polar surface area (TPSA) is 59.1 Å². The fourth-order valence-electron chi connectivity index (χ4n) is 1.82. The summed E-state index contributed by atoms with van der Waals surface area (Å²) in [5.41, 5.74) is 3.00. The van der Waals surface area contributed by atoms with Gasteiger partial charge in [0.1, 0.15) is 0 Å². The van der Waals surface area contributed by atoms with Gasteiger partial charge in [-0.05, 0) is 36.4 Å². The van der Waals surface area contributed by atoms with E-state index in [1.807, 2.05) is 0 Å². The van der Waals surface area contributed by atoms with E-state index in [-0.39, 0.29) is 14.9 Å². The van der Waals surface area contributed by atoms with Crippen molar-refractivity contribution >= 4 is 60.5 Å². The van der Waals surface area contributed by atoms with Crippen molar-refractivity contribution < 1.29 is 8.42 Å². The molecule has 0 saturated carbocycles. The van der Waals surface area contributed by atoms with Crippen LogP contribution in [-0.2, 0) is 10.0 Å². The standard InChI is InChI=1S/C13H8Cl2N2O2S2/c14-8-3-9(15)5-11(4-8)21(18,19)17-10-1-2-12-13(6-10)20-7-16-12/h1-7,17H. The molecule has 4 nitrogen and oxygen atoms in total. The summed E-state index contributed by atoms with van der Waals surface area (Å²) in [6.07, 6.45) is 0. The predicted molar refractivity (Wildman–Crippen MR) is 86.9 cm³/mol. The highest BCUT2D eigenvalue weighted by Crippen LogP contribution is 2.26. The van der Waals surface area contributed by atoms with Crippen LogP contribution in [0.1, 0.15) is 0 Å². The number of benzene rings is 2. The molecular formula is C13H8Cl2N2O2S2. The van der Waals surface area contributed by atoms with Gasteiger partial charge in [-0.15, -0.1) is 11.3 Å². The molecule has 1 heterocycles. The van der Waals surface area contributed by atoms with E-state index in [9.17, 15) is 8.42 Å². The summed E-state index contributed by atoms with van der Waals surface area (Å²) in [6, 6.07) is 9.32. The monoisotopic (exact) mass is 358 g/mol. The number of nitrogens with zero attached hydrogens (tertiary/aromatic N) is 1. The van der Waals surface area contributed by atoms with Gasteiger partial charge in [-0.25, -0.2) is 13.4 Å². The van der Waals surface area contributed by atoms with Crippen LogP contribution < -0.4 is 4.72 Å². The van der Waals surface area contributed by atoms with Crippen molar-refractivity contribution in [2.45, 2.75) is 4.90 Å². The number of halogens is 2. The van der Waals surface area contributed by atoms with Gasteiger partial charge in [0.15, 0.2) is 0 Å². The first-order valence-electron chi connectivity index (χ1n) is 5.76. The van der Waals surface area contributed by atoms with Crippen molar-refractivity contribution in [1.29, 1.82) is 0 Å². The van der Waals surface area contributed by atoms with Crippen LogP contribution in [0, 0.1) is 0 Å². The van der Waals surface area contributed by atoms with Crippen molar-refractivity contribution in [3.63, 3.8) is 0 Å². The SMILES string of the molecule is O=S(=O)(Nc1ccc2ncsc2c1)c1cc(Cl)cc(Cl)c1. The minimum absolute atomic E-state index is 0.0180. The number of rotatable bonds is 3. The second-order valence-electron chi connectivity index (χ2n) is 4.25. The normalized spacial score (nSPS) is 11.7. The molecule has 108 valence electrons. The highest BCUT2D eigenvalue weighted by atomic mass is 35.5. The van der Waals surface area contributed by atoms with E-state index in [1.54, 1.807) is 23.7 Å². The molecule has 0 aliphatic carbocycles. The fourth-order valence-corrected chi connectivity index (χ4v) is 4.31. The zero-order chi connectivity index (χ0) is 15.0. The van der Waals surface area contributed by atoms with Crippen LogP contribution in [0.3, 0.4) is 0 Å². The summed E-state index contributed by atoms with van der Waals surface area (Å²) in [6.45, 7) is 0. The zero-order valence-electron chi connectivity index (χ0n) is 10.4. The molecule has 0 fully saturated rings. The van der Waals surface area contributed by atoms with Crippen LogP contribution in [0.2, 0.25) is 10.0 Å². The summed E-state index contributed by atoms with van der Waals surface area (Å²) >= 11 is 13.1. The molecule has 0 amide bonds. The Morgan fingerprint density at radius 2 is 1.76 bits per heavy atom. The van der Waals surface area contributed by atoms with Gasteiger partial charge >= 0.3 is 0 Å². The second-order valence-corrected chi connectivity index (χ2v) is 7.69. The first-order valence-corrected chi connectivity index (χ1v) is 8.88. The molecule has 0 spiro atoms. The van der Waals surface area contributed by atoms with Crippen LogP contribution >= 0.6 is 34.5 Å². The maximum atomic E-state index is 12.3. The number of hydrogen-bond donors (Lipinski definition) is 1. The van der Waals surface area contributed by atoms with Gasteiger partial charge in [-0.3, -0.25) is 4.72 Å². The number of fused-ring (bicyclic) bond motifs is 1. The molecule has 0 unspecified atom stereocenters. The molecule has 8 heteroatoms. The number of hydrogen-bond acceptors (Lipinski definition) is 4. The van der Waals surface area contributed by atoms with Crippen molar-refractivity contribution in [3.05, 3.63) is 52.0 Å². The van der Waals surface area contributed by atoms with Crippen LogP contribution in [0.25, 0.3) is 10.2 Å². The van der Waals surface area contributed by atoms with E-state index in [1.165, 1.54) is 29.5 Å². The average Bonchev–Trinajstić information content (AvgIpc) is 2.84. The van der Waals surface area contributed by atoms with Gasteiger partial charge in [0.05, 0.1) is 26.3 Å². The van der Waals surface area contributed by atoms with Gasteiger partial charge in [0.2, 0.25) is 0 Å². The lowest BCUT2D eigenvalue weighted by Gasteiger charge is -2.09. The quantitative estimate of drug-likeness (QED) is 0.754. The van der Waals surface area contributed by atoms with E-state index in [2.05, 4.69) is 9.71 Å². The number of anilines is 1. The minimum Gasteiger partial charge on any atom is -0.280 e. The fraction of sp³-hybridized carbons (Fsp3) is 0. The maximum Gasteiger partial charge on any atom is 0.261 e. The van der Waals surface area contributed by atoms with E-state index in [0.717, 1.165) is 10.2 Å². The third-order valence-corrected chi connectivity index (χ3v) is 5.32. The maximum absolute atomic E-state index is 12.3. The largest absolute Gasteiger partial charge is 0.280 e. The van der Waals surface area contributed by atoms with Crippen LogP contribution in [-0.4, -0.2) is 13.4 Å². The Morgan fingerprint density at radius 1 is 1.05 bits per heavy atom. The molecule has 0 saturated heterocycles. The first kappa shape index (κ1) is 14.6. The highest BCUT2D eigenvalue weighted by Gasteiger charge is 2.16. The van der Waals surface area contributed by atoms with Gasteiger partial charge in [0, 0.05) is 10.0 Å². The van der Waals surface area contributed by atoms with Crippen molar-refractivity contribution in [2.75, 3.05) is 4.72 Å². The van der Waals surface area contributed by atoms with Crippen molar-refractivity contribution in [3.8, 4) is 0 Å². The predicted octanol–water partition coefficient (Wildman–Crippen LogP) is 4.40. The van der Waals surface area contributed by atoms with Gasteiger partial charge < -0.3 is 0 Å². The van der Waals surface area contributed by atoms with Crippen LogP contribution in [0.4, 0.5) is 5.69 Å². The zero-order valence-corrected chi connectivity index (χ0v) is 13.5. The van der Waals surface area contributed by atoms with E-state index in [0.29, 0.717) is 5.69 Å². The first-order chi connectivity index (χ1) is 9.94. The summed E-state index contributed by atoms with van der Waals surface area (Å²) in [5, 5.41) is 0.529. The molecule has 0 aliphatic rings. The Labute approximate surface area is 135 Å². The molecule has 1 N–H and O–H groups in total. The number of thiazole rings is 1. The summed E-state index contributed by atoms with van der Waals surface area (Å²) in [4.78, 5) is 4.16. The third-order valence-electron chi connectivity index (χ3n) is 2.73. The molecule has 0 aliphatic heterocycles. The van der Waals surface area contributed by atoms with Crippen LogP contribution in [0.5, 0.6) is 0 Å². The van der Waals surface area contributed by atoms with E-state index >= 15 is 0 Å². The highest BCUT2D eigenvalue weighted by molar-refractivity contribution is 7.92. The smallest absolute Gasteiger partial charge is 0.261 e. The van der Waals surface area contributed by atoms with Gasteiger partial charge in [-0.2, -0.15) is 0 Å². The molecule has 1 aromatic heterocycles. The molecule has 0 bridgehead atoms. The lowest BCUT2D eigenvalue weighted by atomic mass is 10.3. The molecule has 3 aromatic rings. The number of nitrogens with one attached hydrogen (secondary N) is 1. The van der Waals surface area contributed by atoms with Gasteiger partial charge in [-0.1, -0.05) is 23.2 Å². The molecule has 21 heavy (non-hydrogen) atoms. The number of sulfonamides is 1. The summed E-state index contributed by atoms with van der Waals surface area (Å²) in [7, 11) is -3.74. The molecule has 0 atom stereocenters. The molecule has 2 aromatic carbocycles. The summed E-state index contributed by atoms with van der Waals surface area (Å²) < 4.78 is 28.1. The van der Waals surface area contributed by atoms with E-state index in [4.69, 9.17) is 23.2 Å². The number of aromatic nitrogens is 1. The average molecular weight is 359 g/mol. The van der Waals surface area contributed by atoms with Gasteiger partial charge in [0.25, 0.3) is 10.0 Å². The van der Waals surface area contributed by atoms with E-state index < -0.39 is 10.0 Å². The Balaban J connectivity index is 1.98. The molecular weight excluding hydrogens is 351 g/mol. The molecule has 0 radical (unpaired) electrons. The third kappa shape index (κ3) is 3.13. The summed E-state index contributed by atoms with van der Waals surface area (Å²) in [5.74, 6) is 0. The van der Waals surface area contributed by atoms with Crippen molar-refractivity contribution in [1.82, 2.24) is 4.98 Å². The Bertz CT molecular complexity index is 903. The van der Waals surface area contributed by atoms with Crippen molar-refractivity contribution in [2.24, 2.45) is 0 Å². The Kier molecular flexibility index (Phi) is 3.79. The Morgan fingerprint density at radius 3 is 2.48 bits per heavy atom. The second kappa shape index (κ2) is 5.46. The lowest BCUT2D eigenvalue weighted by molar-refractivity contribution is 0.601. The minimum atomic E-state index is -3.74. The molecule has 3 rings (SSSR count). The lowest BCUT2D eigenvalue weighted by Crippen LogP contribution is -2.12.